The fraction of sp³-hybridized carbons (Fsp3) is 0.258. The summed E-state index contributed by atoms with van der Waals surface area (Å²) in [5, 5.41) is 7.10. The van der Waals surface area contributed by atoms with Gasteiger partial charge in [0.05, 0.1) is 17.8 Å². The van der Waals surface area contributed by atoms with E-state index in [-0.39, 0.29) is 30.2 Å². The second kappa shape index (κ2) is 11.4. The van der Waals surface area contributed by atoms with E-state index in [4.69, 9.17) is 12.2 Å². The number of benzene rings is 2. The van der Waals surface area contributed by atoms with Crippen molar-refractivity contribution in [3.8, 4) is 5.69 Å². The van der Waals surface area contributed by atoms with Crippen LogP contribution in [0.2, 0.25) is 0 Å². The fourth-order valence-electron chi connectivity index (χ4n) is 5.47. The molecule has 0 saturated carbocycles. The molecule has 2 N–H and O–H groups in total. The van der Waals surface area contributed by atoms with E-state index in [0.29, 0.717) is 11.7 Å². The highest BCUT2D eigenvalue weighted by molar-refractivity contribution is 7.80. The number of halogens is 1. The molecule has 0 unspecified atom stereocenters. The Hall–Kier alpha value is -4.04. The minimum Gasteiger partial charge on any atom is -0.352 e. The first kappa shape index (κ1) is 26.6. The number of carbonyl (C=O) groups excluding carboxylic acids is 1. The molecule has 2 aromatic heterocycles. The lowest BCUT2D eigenvalue weighted by Crippen LogP contribution is -2.33. The summed E-state index contributed by atoms with van der Waals surface area (Å²) in [6.45, 7) is 6.56. The molecule has 8 heteroatoms. The average molecular weight is 542 g/mol. The van der Waals surface area contributed by atoms with E-state index in [1.54, 1.807) is 12.3 Å². The van der Waals surface area contributed by atoms with Crippen molar-refractivity contribution in [1.82, 2.24) is 19.8 Å². The number of hydrogen-bond acceptors (Lipinski definition) is 3. The molecule has 1 amide bonds. The molecule has 0 radical (unpaired) electrons. The Morgan fingerprint density at radius 3 is 2.62 bits per heavy atom. The maximum absolute atomic E-state index is 14.1. The molecular weight excluding hydrogens is 509 g/mol. The Kier molecular flexibility index (Phi) is 7.74. The van der Waals surface area contributed by atoms with Crippen molar-refractivity contribution in [1.29, 1.82) is 0 Å². The van der Waals surface area contributed by atoms with Gasteiger partial charge in [0, 0.05) is 41.9 Å². The standard InChI is InChI=1S/C31H32FN5OS/c1-4-22-10-5-6-13-26(22)34-28(38)15-17-36-30(29(35-31(36)39)27-14-7-8-16-33-27)25-18-20(2)37(21(25)3)24-12-9-11-23(32)19-24/h5-14,16,18-19,29-30H,4,15,17H2,1-3H3,(H,34,38)(H,35,39)/t29-,30-/m0/s1. The van der Waals surface area contributed by atoms with Crippen LogP contribution in [0.15, 0.2) is 79.0 Å². The zero-order valence-electron chi connectivity index (χ0n) is 22.3. The normalized spacial score (nSPS) is 16.8. The molecule has 1 aliphatic rings. The minimum atomic E-state index is -0.283. The van der Waals surface area contributed by atoms with Crippen molar-refractivity contribution in [3.63, 3.8) is 0 Å². The van der Waals surface area contributed by atoms with Crippen molar-refractivity contribution < 1.29 is 9.18 Å². The van der Waals surface area contributed by atoms with E-state index in [1.807, 2.05) is 62.4 Å². The molecule has 0 aliphatic carbocycles. The average Bonchev–Trinajstić information content (AvgIpc) is 3.42. The topological polar surface area (TPSA) is 62.2 Å². The number of pyridine rings is 1. The number of aryl methyl sites for hydroxylation is 2. The van der Waals surface area contributed by atoms with Crippen LogP contribution >= 0.6 is 12.2 Å². The van der Waals surface area contributed by atoms with Crippen molar-refractivity contribution in [2.75, 3.05) is 11.9 Å². The van der Waals surface area contributed by atoms with Gasteiger partial charge in [-0.15, -0.1) is 0 Å². The van der Waals surface area contributed by atoms with Gasteiger partial charge in [0.1, 0.15) is 5.82 Å². The van der Waals surface area contributed by atoms with E-state index < -0.39 is 0 Å². The van der Waals surface area contributed by atoms with Gasteiger partial charge in [0.2, 0.25) is 5.91 Å². The third-order valence-corrected chi connectivity index (χ3v) is 7.66. The predicted octanol–water partition coefficient (Wildman–Crippen LogP) is 6.19. The maximum Gasteiger partial charge on any atom is 0.226 e. The Morgan fingerprint density at radius 1 is 1.08 bits per heavy atom. The summed E-state index contributed by atoms with van der Waals surface area (Å²) in [7, 11) is 0. The van der Waals surface area contributed by atoms with Crippen molar-refractivity contribution in [2.45, 2.75) is 45.7 Å². The van der Waals surface area contributed by atoms with Gasteiger partial charge < -0.3 is 20.1 Å². The quantitative estimate of drug-likeness (QED) is 0.261. The molecule has 3 heterocycles. The molecule has 0 spiro atoms. The number of hydrogen-bond donors (Lipinski definition) is 2. The molecular formula is C31H32FN5OS. The van der Waals surface area contributed by atoms with Crippen molar-refractivity contribution >= 4 is 28.9 Å². The molecule has 2 atom stereocenters. The van der Waals surface area contributed by atoms with E-state index >= 15 is 0 Å². The third kappa shape index (κ3) is 5.43. The van der Waals surface area contributed by atoms with Crippen LogP contribution in [0.3, 0.4) is 0 Å². The lowest BCUT2D eigenvalue weighted by Gasteiger charge is -2.28. The summed E-state index contributed by atoms with van der Waals surface area (Å²) >= 11 is 5.81. The third-order valence-electron chi connectivity index (χ3n) is 7.31. The highest BCUT2D eigenvalue weighted by atomic mass is 32.1. The van der Waals surface area contributed by atoms with Gasteiger partial charge in [-0.3, -0.25) is 9.78 Å². The van der Waals surface area contributed by atoms with Gasteiger partial charge in [-0.05, 0) is 86.1 Å². The van der Waals surface area contributed by atoms with Crippen molar-refractivity contribution in [3.05, 3.63) is 113 Å². The van der Waals surface area contributed by atoms with E-state index in [0.717, 1.165) is 46.0 Å². The van der Waals surface area contributed by atoms with Crippen LogP contribution in [0.1, 0.15) is 53.6 Å². The van der Waals surface area contributed by atoms with Crippen LogP contribution in [0, 0.1) is 19.7 Å². The summed E-state index contributed by atoms with van der Waals surface area (Å²) in [5.74, 6) is -0.349. The Labute approximate surface area is 233 Å². The number of para-hydroxylation sites is 1. The zero-order chi connectivity index (χ0) is 27.5. The summed E-state index contributed by atoms with van der Waals surface area (Å²) in [4.78, 5) is 19.7. The van der Waals surface area contributed by atoms with Crippen LogP contribution in [-0.2, 0) is 11.2 Å². The van der Waals surface area contributed by atoms with E-state index in [9.17, 15) is 9.18 Å². The Morgan fingerprint density at radius 2 is 1.87 bits per heavy atom. The second-order valence-corrected chi connectivity index (χ2v) is 10.2. The number of rotatable bonds is 8. The number of amides is 1. The summed E-state index contributed by atoms with van der Waals surface area (Å²) in [6, 6.07) is 22.0. The first-order chi connectivity index (χ1) is 18.9. The highest BCUT2D eigenvalue weighted by Crippen LogP contribution is 2.41. The first-order valence-electron chi connectivity index (χ1n) is 13.2. The predicted molar refractivity (Wildman–Crippen MR) is 156 cm³/mol. The highest BCUT2D eigenvalue weighted by Gasteiger charge is 2.41. The van der Waals surface area contributed by atoms with Gasteiger partial charge >= 0.3 is 0 Å². The van der Waals surface area contributed by atoms with E-state index in [1.165, 1.54) is 12.1 Å². The molecule has 1 fully saturated rings. The minimum absolute atomic E-state index is 0.0658. The van der Waals surface area contributed by atoms with Gasteiger partial charge in [-0.25, -0.2) is 4.39 Å². The molecule has 39 heavy (non-hydrogen) atoms. The molecule has 200 valence electrons. The number of nitrogens with one attached hydrogen (secondary N) is 2. The summed E-state index contributed by atoms with van der Waals surface area (Å²) < 4.78 is 16.2. The zero-order valence-corrected chi connectivity index (χ0v) is 23.1. The molecule has 1 saturated heterocycles. The molecule has 4 aromatic rings. The SMILES string of the molecule is CCc1ccccc1NC(=O)CCN1C(=S)N[C@@H](c2ccccn2)[C@@H]1c1cc(C)n(-c2cccc(F)c2)c1C. The Bertz CT molecular complexity index is 1500. The first-order valence-corrected chi connectivity index (χ1v) is 13.6. The monoisotopic (exact) mass is 541 g/mol. The van der Waals surface area contributed by atoms with Crippen LogP contribution in [0.25, 0.3) is 5.69 Å². The van der Waals surface area contributed by atoms with Gasteiger partial charge in [0.15, 0.2) is 5.11 Å². The van der Waals surface area contributed by atoms with Gasteiger partial charge in [0.25, 0.3) is 0 Å². The van der Waals surface area contributed by atoms with Gasteiger partial charge in [-0.2, -0.15) is 0 Å². The largest absolute Gasteiger partial charge is 0.352 e. The fourth-order valence-corrected chi connectivity index (χ4v) is 5.80. The van der Waals surface area contributed by atoms with Crippen LogP contribution < -0.4 is 10.6 Å². The number of carbonyl (C=O) groups is 1. The number of nitrogens with zero attached hydrogens (tertiary/aromatic N) is 3. The Balaban J connectivity index is 1.47. The van der Waals surface area contributed by atoms with Gasteiger partial charge in [-0.1, -0.05) is 37.3 Å². The molecule has 2 aromatic carbocycles. The van der Waals surface area contributed by atoms with Crippen LogP contribution in [0.5, 0.6) is 0 Å². The summed E-state index contributed by atoms with van der Waals surface area (Å²) in [5.41, 5.74) is 6.59. The summed E-state index contributed by atoms with van der Waals surface area (Å²) in [6.07, 6.45) is 2.88. The second-order valence-electron chi connectivity index (χ2n) is 9.77. The van der Waals surface area contributed by atoms with Crippen molar-refractivity contribution in [2.24, 2.45) is 0 Å². The number of aromatic nitrogens is 2. The molecule has 1 aliphatic heterocycles. The lowest BCUT2D eigenvalue weighted by molar-refractivity contribution is -0.116. The molecule has 0 bridgehead atoms. The van der Waals surface area contributed by atoms with Crippen LogP contribution in [-0.4, -0.2) is 32.0 Å². The molecule has 6 nitrogen and oxygen atoms in total. The number of anilines is 1. The van der Waals surface area contributed by atoms with E-state index in [2.05, 4.69) is 38.1 Å². The molecule has 5 rings (SSSR count). The van der Waals surface area contributed by atoms with Crippen LogP contribution in [0.4, 0.5) is 10.1 Å². The lowest BCUT2D eigenvalue weighted by atomic mass is 9.96. The smallest absolute Gasteiger partial charge is 0.226 e. The maximum atomic E-state index is 14.1. The number of thiocarbonyl (C=S) groups is 1.